The SMILES string of the molecule is CCOCCNC(=O)Oc1cc(C)c(S(C)(C)C)cc1C. The Labute approximate surface area is 129 Å². The van der Waals surface area contributed by atoms with E-state index >= 15 is 0 Å². The van der Waals surface area contributed by atoms with Gasteiger partial charge in [-0.3, -0.25) is 0 Å². The molecule has 0 radical (unpaired) electrons. The van der Waals surface area contributed by atoms with Crippen LogP contribution < -0.4 is 10.1 Å². The summed E-state index contributed by atoms with van der Waals surface area (Å²) in [5.41, 5.74) is 2.15. The Hall–Kier alpha value is -1.20. The van der Waals surface area contributed by atoms with Gasteiger partial charge in [0.1, 0.15) is 5.75 Å². The first-order valence-corrected chi connectivity index (χ1v) is 9.94. The van der Waals surface area contributed by atoms with E-state index in [-0.39, 0.29) is 0 Å². The minimum atomic E-state index is -0.794. The van der Waals surface area contributed by atoms with Crippen molar-refractivity contribution in [1.82, 2.24) is 5.32 Å². The fourth-order valence-electron chi connectivity index (χ4n) is 2.04. The summed E-state index contributed by atoms with van der Waals surface area (Å²) in [7, 11) is -0.794. The van der Waals surface area contributed by atoms with Crippen LogP contribution >= 0.6 is 10.0 Å². The van der Waals surface area contributed by atoms with Gasteiger partial charge in [0, 0.05) is 13.2 Å². The first-order chi connectivity index (χ1) is 9.75. The van der Waals surface area contributed by atoms with E-state index in [9.17, 15) is 4.79 Å². The Morgan fingerprint density at radius 1 is 1.19 bits per heavy atom. The van der Waals surface area contributed by atoms with Crippen molar-refractivity contribution in [1.29, 1.82) is 0 Å². The fourth-order valence-corrected chi connectivity index (χ4v) is 3.59. The third-order valence-electron chi connectivity index (χ3n) is 3.05. The van der Waals surface area contributed by atoms with Gasteiger partial charge >= 0.3 is 6.09 Å². The van der Waals surface area contributed by atoms with Gasteiger partial charge in [-0.05, 0) is 67.7 Å². The van der Waals surface area contributed by atoms with Gasteiger partial charge in [0.15, 0.2) is 0 Å². The first-order valence-electron chi connectivity index (χ1n) is 7.08. The van der Waals surface area contributed by atoms with Crippen molar-refractivity contribution in [3.05, 3.63) is 23.3 Å². The predicted octanol–water partition coefficient (Wildman–Crippen LogP) is 3.48. The molecular formula is C16H27NO3S. The van der Waals surface area contributed by atoms with Crippen molar-refractivity contribution in [2.75, 3.05) is 38.5 Å². The molecule has 0 aliphatic carbocycles. The Morgan fingerprint density at radius 3 is 2.43 bits per heavy atom. The van der Waals surface area contributed by atoms with Crippen molar-refractivity contribution in [3.63, 3.8) is 0 Å². The molecule has 4 nitrogen and oxygen atoms in total. The van der Waals surface area contributed by atoms with Crippen LogP contribution in [0.15, 0.2) is 17.0 Å². The molecule has 21 heavy (non-hydrogen) atoms. The third-order valence-corrected chi connectivity index (χ3v) is 4.81. The van der Waals surface area contributed by atoms with Crippen LogP contribution in [0.5, 0.6) is 5.75 Å². The van der Waals surface area contributed by atoms with Gasteiger partial charge in [-0.15, -0.1) is 0 Å². The Balaban J connectivity index is 2.72. The number of carbonyl (C=O) groups excluding carboxylic acids is 1. The quantitative estimate of drug-likeness (QED) is 0.818. The van der Waals surface area contributed by atoms with Crippen molar-refractivity contribution in [2.45, 2.75) is 25.7 Å². The summed E-state index contributed by atoms with van der Waals surface area (Å²) < 4.78 is 10.5. The summed E-state index contributed by atoms with van der Waals surface area (Å²) in [6.45, 7) is 7.55. The Kier molecular flexibility index (Phi) is 6.55. The van der Waals surface area contributed by atoms with Gasteiger partial charge in [0.2, 0.25) is 0 Å². The second-order valence-corrected chi connectivity index (χ2v) is 9.85. The van der Waals surface area contributed by atoms with Crippen LogP contribution in [0.3, 0.4) is 0 Å². The summed E-state index contributed by atoms with van der Waals surface area (Å²) in [5.74, 6) is 0.619. The smallest absolute Gasteiger partial charge is 0.410 e. The number of rotatable bonds is 6. The molecule has 0 aromatic heterocycles. The van der Waals surface area contributed by atoms with Gasteiger partial charge in [-0.2, -0.15) is 0 Å². The van der Waals surface area contributed by atoms with Gasteiger partial charge in [-0.25, -0.2) is 14.8 Å². The molecule has 0 saturated carbocycles. The summed E-state index contributed by atoms with van der Waals surface area (Å²) in [6, 6.07) is 4.08. The Morgan fingerprint density at radius 2 is 1.86 bits per heavy atom. The van der Waals surface area contributed by atoms with Crippen LogP contribution in [-0.4, -0.2) is 44.6 Å². The van der Waals surface area contributed by atoms with E-state index in [1.165, 1.54) is 10.5 Å². The van der Waals surface area contributed by atoms with Crippen LogP contribution in [0.1, 0.15) is 18.1 Å². The van der Waals surface area contributed by atoms with E-state index in [1.54, 1.807) is 0 Å². The molecule has 0 spiro atoms. The van der Waals surface area contributed by atoms with Gasteiger partial charge < -0.3 is 14.8 Å². The standard InChI is InChI=1S/C16H27NO3S/c1-7-19-9-8-17-16(18)20-14-10-13(3)15(11-12(14)2)21(4,5)6/h10-11H,7-9H2,1-6H3,(H,17,18). The summed E-state index contributed by atoms with van der Waals surface area (Å²) in [6.07, 6.45) is 6.34. The average molecular weight is 313 g/mol. The van der Waals surface area contributed by atoms with Crippen LogP contribution in [0, 0.1) is 13.8 Å². The molecule has 0 atom stereocenters. The molecule has 5 heteroatoms. The number of hydrogen-bond donors (Lipinski definition) is 1. The molecule has 0 heterocycles. The summed E-state index contributed by atoms with van der Waals surface area (Å²) in [5, 5.41) is 2.68. The lowest BCUT2D eigenvalue weighted by molar-refractivity contribution is 0.145. The minimum absolute atomic E-state index is 0.437. The third kappa shape index (κ3) is 5.59. The van der Waals surface area contributed by atoms with Crippen LogP contribution in [0.4, 0.5) is 4.79 Å². The highest BCUT2D eigenvalue weighted by Crippen LogP contribution is 2.48. The van der Waals surface area contributed by atoms with Crippen LogP contribution in [-0.2, 0) is 4.74 Å². The lowest BCUT2D eigenvalue weighted by Gasteiger charge is -2.28. The number of nitrogens with one attached hydrogen (secondary N) is 1. The van der Waals surface area contributed by atoms with Gasteiger partial charge in [0.05, 0.1) is 6.61 Å². The van der Waals surface area contributed by atoms with E-state index in [4.69, 9.17) is 9.47 Å². The van der Waals surface area contributed by atoms with Crippen molar-refractivity contribution < 1.29 is 14.3 Å². The molecule has 1 N–H and O–H groups in total. The fraction of sp³-hybridized carbons (Fsp3) is 0.562. The first kappa shape index (κ1) is 17.9. The molecule has 0 fully saturated rings. The highest BCUT2D eigenvalue weighted by Gasteiger charge is 2.15. The topological polar surface area (TPSA) is 47.6 Å². The number of hydrogen-bond acceptors (Lipinski definition) is 3. The number of aryl methyl sites for hydroxylation is 2. The largest absolute Gasteiger partial charge is 0.412 e. The molecule has 1 aromatic carbocycles. The maximum absolute atomic E-state index is 11.7. The highest BCUT2D eigenvalue weighted by molar-refractivity contribution is 8.32. The maximum atomic E-state index is 11.7. The summed E-state index contributed by atoms with van der Waals surface area (Å²) >= 11 is 0. The monoisotopic (exact) mass is 313 g/mol. The van der Waals surface area contributed by atoms with Crippen LogP contribution in [0.25, 0.3) is 0 Å². The lowest BCUT2D eigenvalue weighted by atomic mass is 10.1. The molecule has 1 aromatic rings. The zero-order valence-corrected chi connectivity index (χ0v) is 14.7. The van der Waals surface area contributed by atoms with E-state index < -0.39 is 16.1 Å². The molecule has 1 rings (SSSR count). The summed E-state index contributed by atoms with van der Waals surface area (Å²) in [4.78, 5) is 13.1. The normalized spacial score (nSPS) is 12.1. The maximum Gasteiger partial charge on any atom is 0.412 e. The Bertz CT molecular complexity index is 495. The van der Waals surface area contributed by atoms with Gasteiger partial charge in [-0.1, -0.05) is 0 Å². The number of carbonyl (C=O) groups is 1. The second kappa shape index (κ2) is 7.71. The van der Waals surface area contributed by atoms with Crippen molar-refractivity contribution in [2.24, 2.45) is 0 Å². The number of amides is 1. The molecule has 0 aliphatic heterocycles. The molecule has 0 saturated heterocycles. The minimum Gasteiger partial charge on any atom is -0.410 e. The van der Waals surface area contributed by atoms with E-state index in [0.717, 1.165) is 5.56 Å². The van der Waals surface area contributed by atoms with Crippen LogP contribution in [0.2, 0.25) is 0 Å². The van der Waals surface area contributed by atoms with Gasteiger partial charge in [0.25, 0.3) is 0 Å². The van der Waals surface area contributed by atoms with E-state index in [2.05, 4.69) is 37.1 Å². The molecule has 1 amide bonds. The molecule has 120 valence electrons. The van der Waals surface area contributed by atoms with Crippen molar-refractivity contribution in [3.8, 4) is 5.75 Å². The molecule has 0 aliphatic rings. The number of benzene rings is 1. The van der Waals surface area contributed by atoms with E-state index in [1.807, 2.05) is 19.9 Å². The zero-order chi connectivity index (χ0) is 16.0. The molecule has 0 bridgehead atoms. The lowest BCUT2D eigenvalue weighted by Crippen LogP contribution is -2.30. The average Bonchev–Trinajstić information content (AvgIpc) is 2.37. The zero-order valence-electron chi connectivity index (χ0n) is 13.9. The van der Waals surface area contributed by atoms with E-state index in [0.29, 0.717) is 25.5 Å². The molecule has 0 unspecified atom stereocenters. The molecular weight excluding hydrogens is 286 g/mol. The number of ether oxygens (including phenoxy) is 2. The second-order valence-electron chi connectivity index (χ2n) is 5.73. The highest BCUT2D eigenvalue weighted by atomic mass is 32.3. The predicted molar refractivity (Wildman–Crippen MR) is 90.1 cm³/mol. The van der Waals surface area contributed by atoms with Crippen molar-refractivity contribution >= 4 is 16.1 Å².